The number of anilines is 3. The Morgan fingerprint density at radius 3 is 1.65 bits per heavy atom. The largest absolute Gasteiger partial charge is 0.310 e. The van der Waals surface area contributed by atoms with Crippen molar-refractivity contribution in [3.05, 3.63) is 246 Å². The summed E-state index contributed by atoms with van der Waals surface area (Å²) in [6, 6.07) is 81.1. The molecule has 0 aliphatic heterocycles. The van der Waals surface area contributed by atoms with E-state index >= 15 is 0 Å². The standard InChI is InChI=1S/C61H45N/c1-60(2)56-22-11-9-19-53(56)55-21-13-20-51(59(55)60)42-28-33-47(34-29-42)62(48-35-37-50-44(38-48)25-24-41-14-7-8-17-49(41)50)46-31-26-40(27-32-46)43-30-36-54-52-18-10-12-23-57(52)61(3,58(54)39-43)45-15-5-4-6-16-45/h4-39H,1-3H3. The van der Waals surface area contributed by atoms with E-state index in [4.69, 9.17) is 0 Å². The molecule has 0 spiro atoms. The first-order valence-corrected chi connectivity index (χ1v) is 21.8. The third-order valence-corrected chi connectivity index (χ3v) is 14.1. The minimum absolute atomic E-state index is 0.0901. The summed E-state index contributed by atoms with van der Waals surface area (Å²) in [5.41, 5.74) is 20.1. The Labute approximate surface area is 364 Å². The molecule has 62 heavy (non-hydrogen) atoms. The Morgan fingerprint density at radius 1 is 0.323 bits per heavy atom. The summed E-state index contributed by atoms with van der Waals surface area (Å²) in [6.07, 6.45) is 0. The molecular formula is C61H45N. The van der Waals surface area contributed by atoms with Crippen molar-refractivity contribution >= 4 is 38.6 Å². The van der Waals surface area contributed by atoms with Crippen molar-refractivity contribution in [3.8, 4) is 44.5 Å². The second kappa shape index (κ2) is 13.8. The third kappa shape index (κ3) is 5.41. The van der Waals surface area contributed by atoms with E-state index in [1.54, 1.807) is 0 Å². The average molecular weight is 792 g/mol. The third-order valence-electron chi connectivity index (χ3n) is 14.1. The molecule has 12 rings (SSSR count). The van der Waals surface area contributed by atoms with Gasteiger partial charge in [0.15, 0.2) is 0 Å². The van der Waals surface area contributed by atoms with Crippen LogP contribution in [0.3, 0.4) is 0 Å². The van der Waals surface area contributed by atoms with E-state index in [-0.39, 0.29) is 10.8 Å². The molecule has 2 aliphatic rings. The van der Waals surface area contributed by atoms with Gasteiger partial charge in [0, 0.05) is 27.9 Å². The summed E-state index contributed by atoms with van der Waals surface area (Å²) in [5, 5.41) is 5.02. The molecule has 0 N–H and O–H groups in total. The second-order valence-electron chi connectivity index (χ2n) is 17.8. The maximum Gasteiger partial charge on any atom is 0.0468 e. The van der Waals surface area contributed by atoms with Crippen LogP contribution in [-0.4, -0.2) is 0 Å². The Hall–Kier alpha value is -7.48. The minimum Gasteiger partial charge on any atom is -0.310 e. The van der Waals surface area contributed by atoms with E-state index < -0.39 is 0 Å². The van der Waals surface area contributed by atoms with Crippen molar-refractivity contribution in [2.24, 2.45) is 0 Å². The molecule has 294 valence electrons. The van der Waals surface area contributed by atoms with Crippen molar-refractivity contribution in [1.82, 2.24) is 0 Å². The predicted octanol–water partition coefficient (Wildman–Crippen LogP) is 16.4. The second-order valence-corrected chi connectivity index (χ2v) is 17.8. The number of hydrogen-bond donors (Lipinski definition) is 0. The van der Waals surface area contributed by atoms with Gasteiger partial charge in [0.2, 0.25) is 0 Å². The Bertz CT molecular complexity index is 3370. The van der Waals surface area contributed by atoms with Gasteiger partial charge in [-0.3, -0.25) is 0 Å². The molecule has 1 unspecified atom stereocenters. The van der Waals surface area contributed by atoms with Crippen LogP contribution >= 0.6 is 0 Å². The van der Waals surface area contributed by atoms with E-state index in [0.717, 1.165) is 17.1 Å². The molecule has 10 aromatic rings. The van der Waals surface area contributed by atoms with Gasteiger partial charge in [-0.1, -0.05) is 190 Å². The van der Waals surface area contributed by atoms with Crippen molar-refractivity contribution in [2.45, 2.75) is 31.6 Å². The highest BCUT2D eigenvalue weighted by Crippen LogP contribution is 2.54. The molecular weight excluding hydrogens is 747 g/mol. The lowest BCUT2D eigenvalue weighted by molar-refractivity contribution is 0.662. The topological polar surface area (TPSA) is 3.24 Å². The normalized spacial score (nSPS) is 15.5. The molecule has 1 heteroatoms. The molecule has 0 fully saturated rings. The molecule has 0 saturated carbocycles. The minimum atomic E-state index is -0.243. The lowest BCUT2D eigenvalue weighted by Crippen LogP contribution is -2.22. The average Bonchev–Trinajstić information content (AvgIpc) is 3.73. The number of benzene rings is 10. The quantitative estimate of drug-likeness (QED) is 0.152. The fourth-order valence-corrected chi connectivity index (χ4v) is 11.0. The highest BCUT2D eigenvalue weighted by Gasteiger charge is 2.41. The van der Waals surface area contributed by atoms with Crippen molar-refractivity contribution < 1.29 is 0 Å². The van der Waals surface area contributed by atoms with Gasteiger partial charge in [0.1, 0.15) is 0 Å². The molecule has 1 nitrogen and oxygen atoms in total. The molecule has 0 heterocycles. The fourth-order valence-electron chi connectivity index (χ4n) is 11.0. The Kier molecular flexibility index (Phi) is 8.08. The van der Waals surface area contributed by atoms with Crippen LogP contribution in [0.25, 0.3) is 66.1 Å². The maximum absolute atomic E-state index is 2.43. The molecule has 0 bridgehead atoms. The molecule has 0 saturated heterocycles. The summed E-state index contributed by atoms with van der Waals surface area (Å²) in [5.74, 6) is 0. The van der Waals surface area contributed by atoms with Gasteiger partial charge in [-0.25, -0.2) is 0 Å². The highest BCUT2D eigenvalue weighted by molar-refractivity contribution is 6.08. The van der Waals surface area contributed by atoms with Gasteiger partial charge < -0.3 is 4.90 Å². The first-order chi connectivity index (χ1) is 30.4. The SMILES string of the molecule is CC1(C)c2ccccc2-c2cccc(-c3ccc(N(c4ccc(-c5ccc6c(c5)C(C)(c5ccccc5)c5ccccc5-6)cc4)c4ccc5c(ccc6ccccc65)c4)cc3)c21. The molecule has 0 aromatic heterocycles. The smallest absolute Gasteiger partial charge is 0.0468 e. The Morgan fingerprint density at radius 2 is 0.871 bits per heavy atom. The summed E-state index contributed by atoms with van der Waals surface area (Å²) in [6.45, 7) is 7.13. The van der Waals surface area contributed by atoms with Crippen molar-refractivity contribution in [1.29, 1.82) is 0 Å². The summed E-state index contributed by atoms with van der Waals surface area (Å²) < 4.78 is 0. The van der Waals surface area contributed by atoms with Crippen LogP contribution < -0.4 is 4.90 Å². The first kappa shape index (κ1) is 36.4. The zero-order valence-corrected chi connectivity index (χ0v) is 35.2. The lowest BCUT2D eigenvalue weighted by atomic mass is 9.74. The van der Waals surface area contributed by atoms with Crippen LogP contribution in [0.2, 0.25) is 0 Å². The number of fused-ring (bicyclic) bond motifs is 9. The fraction of sp³-hybridized carbons (Fsp3) is 0.0820. The van der Waals surface area contributed by atoms with Gasteiger partial charge in [0.05, 0.1) is 0 Å². The van der Waals surface area contributed by atoms with Crippen LogP contribution in [0.15, 0.2) is 218 Å². The highest BCUT2D eigenvalue weighted by atomic mass is 15.1. The number of rotatable bonds is 6. The van der Waals surface area contributed by atoms with E-state index in [0.29, 0.717) is 0 Å². The first-order valence-electron chi connectivity index (χ1n) is 21.8. The molecule has 2 aliphatic carbocycles. The van der Waals surface area contributed by atoms with Gasteiger partial charge >= 0.3 is 0 Å². The number of nitrogens with zero attached hydrogens (tertiary/aromatic N) is 1. The van der Waals surface area contributed by atoms with Gasteiger partial charge in [-0.2, -0.15) is 0 Å². The van der Waals surface area contributed by atoms with Crippen LogP contribution in [0.1, 0.15) is 48.6 Å². The molecule has 1 atom stereocenters. The van der Waals surface area contributed by atoms with E-state index in [2.05, 4.69) is 244 Å². The molecule has 0 radical (unpaired) electrons. The number of hydrogen-bond acceptors (Lipinski definition) is 1. The zero-order chi connectivity index (χ0) is 41.6. The summed E-state index contributed by atoms with van der Waals surface area (Å²) >= 11 is 0. The lowest BCUT2D eigenvalue weighted by Gasteiger charge is -2.29. The Balaban J connectivity index is 0.955. The van der Waals surface area contributed by atoms with Crippen LogP contribution in [0, 0.1) is 0 Å². The molecule has 0 amide bonds. The van der Waals surface area contributed by atoms with Gasteiger partial charge in [-0.05, 0) is 143 Å². The van der Waals surface area contributed by atoms with Crippen molar-refractivity contribution in [3.63, 3.8) is 0 Å². The predicted molar refractivity (Wildman–Crippen MR) is 262 cm³/mol. The van der Waals surface area contributed by atoms with Crippen LogP contribution in [0.5, 0.6) is 0 Å². The molecule has 10 aromatic carbocycles. The van der Waals surface area contributed by atoms with Crippen molar-refractivity contribution in [2.75, 3.05) is 4.90 Å². The van der Waals surface area contributed by atoms with Gasteiger partial charge in [-0.15, -0.1) is 0 Å². The zero-order valence-electron chi connectivity index (χ0n) is 35.2. The van der Waals surface area contributed by atoms with Gasteiger partial charge in [0.25, 0.3) is 0 Å². The van der Waals surface area contributed by atoms with E-state index in [9.17, 15) is 0 Å². The monoisotopic (exact) mass is 791 g/mol. The maximum atomic E-state index is 2.43. The van der Waals surface area contributed by atoms with E-state index in [1.165, 1.54) is 93.9 Å². The van der Waals surface area contributed by atoms with Crippen LogP contribution in [0.4, 0.5) is 17.1 Å². The van der Waals surface area contributed by atoms with Crippen LogP contribution in [-0.2, 0) is 10.8 Å². The summed E-state index contributed by atoms with van der Waals surface area (Å²) in [4.78, 5) is 2.41. The summed E-state index contributed by atoms with van der Waals surface area (Å²) in [7, 11) is 0. The van der Waals surface area contributed by atoms with E-state index in [1.807, 2.05) is 0 Å².